The van der Waals surface area contributed by atoms with Crippen LogP contribution >= 0.6 is 11.6 Å². The molecule has 6 rings (SSSR count). The summed E-state index contributed by atoms with van der Waals surface area (Å²) in [6.07, 6.45) is 9.62. The van der Waals surface area contributed by atoms with E-state index < -0.39 is 0 Å². The van der Waals surface area contributed by atoms with Crippen molar-refractivity contribution in [2.75, 3.05) is 23.3 Å². The number of aryl methyl sites for hydroxylation is 1. The van der Waals surface area contributed by atoms with Gasteiger partial charge in [-0.3, -0.25) is 4.68 Å². The number of anilines is 2. The van der Waals surface area contributed by atoms with Crippen LogP contribution in [-0.2, 0) is 13.6 Å². The second-order valence-electron chi connectivity index (χ2n) is 9.56. The van der Waals surface area contributed by atoms with Crippen LogP contribution in [-0.4, -0.2) is 43.4 Å². The first-order chi connectivity index (χ1) is 18.0. The molecule has 4 heterocycles. The molecule has 0 spiro atoms. The summed E-state index contributed by atoms with van der Waals surface area (Å²) in [5.74, 6) is 0.554. The number of halogens is 2. The first-order valence-electron chi connectivity index (χ1n) is 12.4. The van der Waals surface area contributed by atoms with Gasteiger partial charge in [0.1, 0.15) is 11.6 Å². The molecule has 1 saturated heterocycles. The van der Waals surface area contributed by atoms with Crippen molar-refractivity contribution in [2.45, 2.75) is 25.4 Å². The van der Waals surface area contributed by atoms with Gasteiger partial charge in [0, 0.05) is 50.7 Å². The topological polar surface area (TPSA) is 63.8 Å². The minimum Gasteiger partial charge on any atom is -0.367 e. The summed E-state index contributed by atoms with van der Waals surface area (Å²) in [5, 5.41) is 8.51. The third-order valence-corrected chi connectivity index (χ3v) is 7.16. The number of rotatable bonds is 6. The second-order valence-corrected chi connectivity index (χ2v) is 9.96. The number of hydrogen-bond donors (Lipinski definition) is 1. The fourth-order valence-electron chi connectivity index (χ4n) is 5.03. The van der Waals surface area contributed by atoms with Crippen molar-refractivity contribution in [3.63, 3.8) is 0 Å². The lowest BCUT2D eigenvalue weighted by Gasteiger charge is -2.34. The standard InChI is InChI=1S/C28H27ClFN7/c1-35-17-23(13-33-35)36-9-3-6-22(16-36)34-28-12-24(25(29)14-31-28)20-7-8-26-27(11-20)37(18-32-26)15-19-4-2-5-21(30)10-19/h2,4-5,7-8,10-14,17-18,22H,3,6,9,15-16H2,1H3,(H,31,34). The van der Waals surface area contributed by atoms with Crippen LogP contribution in [0, 0.1) is 5.82 Å². The SMILES string of the molecule is Cn1cc(N2CCCC(Nc3cc(-c4ccc5ncn(Cc6cccc(F)c6)c5c4)c(Cl)cn3)C2)cn1. The highest BCUT2D eigenvalue weighted by Crippen LogP contribution is 2.32. The van der Waals surface area contributed by atoms with E-state index in [9.17, 15) is 4.39 Å². The number of nitrogens with one attached hydrogen (secondary N) is 1. The van der Waals surface area contributed by atoms with Crippen molar-refractivity contribution in [1.29, 1.82) is 0 Å². The van der Waals surface area contributed by atoms with Crippen LogP contribution in [0.4, 0.5) is 15.9 Å². The van der Waals surface area contributed by atoms with Gasteiger partial charge in [-0.1, -0.05) is 29.8 Å². The van der Waals surface area contributed by atoms with Crippen LogP contribution in [0.15, 0.2) is 73.4 Å². The number of aromatic nitrogens is 5. The van der Waals surface area contributed by atoms with Crippen molar-refractivity contribution in [3.05, 3.63) is 89.9 Å². The lowest BCUT2D eigenvalue weighted by Crippen LogP contribution is -2.42. The number of benzene rings is 2. The molecule has 5 aromatic rings. The molecule has 1 N–H and O–H groups in total. The Morgan fingerprint density at radius 1 is 1.11 bits per heavy atom. The predicted octanol–water partition coefficient (Wildman–Crippen LogP) is 5.75. The fraction of sp³-hybridized carbons (Fsp3) is 0.250. The maximum Gasteiger partial charge on any atom is 0.126 e. The molecular formula is C28H27ClFN7. The van der Waals surface area contributed by atoms with E-state index in [4.69, 9.17) is 11.6 Å². The zero-order valence-corrected chi connectivity index (χ0v) is 21.2. The molecule has 1 aliphatic rings. The molecule has 1 fully saturated rings. The minimum atomic E-state index is -0.243. The van der Waals surface area contributed by atoms with Crippen molar-refractivity contribution < 1.29 is 4.39 Å². The molecule has 9 heteroatoms. The molecule has 188 valence electrons. The highest BCUT2D eigenvalue weighted by Gasteiger charge is 2.21. The Hall–Kier alpha value is -3.91. The second kappa shape index (κ2) is 9.86. The molecule has 0 aliphatic carbocycles. The van der Waals surface area contributed by atoms with Gasteiger partial charge in [0.2, 0.25) is 0 Å². The van der Waals surface area contributed by atoms with Gasteiger partial charge in [0.05, 0.1) is 34.3 Å². The van der Waals surface area contributed by atoms with Gasteiger partial charge in [-0.25, -0.2) is 14.4 Å². The van der Waals surface area contributed by atoms with Crippen LogP contribution in [0.3, 0.4) is 0 Å². The summed E-state index contributed by atoms with van der Waals surface area (Å²) in [4.78, 5) is 11.4. The number of hydrogen-bond acceptors (Lipinski definition) is 5. The number of piperidine rings is 1. The highest BCUT2D eigenvalue weighted by molar-refractivity contribution is 6.33. The molecule has 1 unspecified atom stereocenters. The average Bonchev–Trinajstić information content (AvgIpc) is 3.51. The molecule has 0 amide bonds. The van der Waals surface area contributed by atoms with E-state index >= 15 is 0 Å². The smallest absolute Gasteiger partial charge is 0.126 e. The minimum absolute atomic E-state index is 0.243. The summed E-state index contributed by atoms with van der Waals surface area (Å²) in [6.45, 7) is 2.44. The first kappa shape index (κ1) is 23.5. The molecule has 1 aliphatic heterocycles. The van der Waals surface area contributed by atoms with Crippen LogP contribution < -0.4 is 10.2 Å². The van der Waals surface area contributed by atoms with Gasteiger partial charge in [-0.05, 0) is 54.3 Å². The Morgan fingerprint density at radius 3 is 2.86 bits per heavy atom. The van der Waals surface area contributed by atoms with E-state index in [1.807, 2.05) is 46.8 Å². The Kier molecular flexibility index (Phi) is 6.26. The van der Waals surface area contributed by atoms with E-state index in [1.165, 1.54) is 6.07 Å². The van der Waals surface area contributed by atoms with Crippen LogP contribution in [0.2, 0.25) is 5.02 Å². The van der Waals surface area contributed by atoms with Crippen molar-refractivity contribution >= 4 is 34.1 Å². The van der Waals surface area contributed by atoms with Crippen LogP contribution in [0.1, 0.15) is 18.4 Å². The summed E-state index contributed by atoms with van der Waals surface area (Å²) in [7, 11) is 1.94. The van der Waals surface area contributed by atoms with E-state index in [-0.39, 0.29) is 11.9 Å². The molecular weight excluding hydrogens is 489 g/mol. The Balaban J connectivity index is 1.24. The highest BCUT2D eigenvalue weighted by atomic mass is 35.5. The number of nitrogens with zero attached hydrogens (tertiary/aromatic N) is 6. The van der Waals surface area contributed by atoms with E-state index in [0.717, 1.165) is 65.2 Å². The molecule has 0 radical (unpaired) electrons. The molecule has 1 atom stereocenters. The molecule has 2 aromatic carbocycles. The summed E-state index contributed by atoms with van der Waals surface area (Å²) in [6, 6.07) is 15.0. The maximum absolute atomic E-state index is 13.7. The molecule has 0 bridgehead atoms. The van der Waals surface area contributed by atoms with Crippen molar-refractivity contribution in [1.82, 2.24) is 24.3 Å². The normalized spacial score (nSPS) is 15.9. The lowest BCUT2D eigenvalue weighted by atomic mass is 10.0. The van der Waals surface area contributed by atoms with Gasteiger partial charge in [-0.2, -0.15) is 5.10 Å². The van der Waals surface area contributed by atoms with Gasteiger partial charge >= 0.3 is 0 Å². The van der Waals surface area contributed by atoms with Crippen molar-refractivity contribution in [3.8, 4) is 11.1 Å². The van der Waals surface area contributed by atoms with E-state index in [0.29, 0.717) is 11.6 Å². The molecule has 37 heavy (non-hydrogen) atoms. The Morgan fingerprint density at radius 2 is 2.03 bits per heavy atom. The van der Waals surface area contributed by atoms with Crippen LogP contribution in [0.5, 0.6) is 0 Å². The summed E-state index contributed by atoms with van der Waals surface area (Å²) >= 11 is 6.62. The van der Waals surface area contributed by atoms with Gasteiger partial charge in [0.25, 0.3) is 0 Å². The van der Waals surface area contributed by atoms with Crippen LogP contribution in [0.25, 0.3) is 22.2 Å². The number of pyridine rings is 1. The van der Waals surface area contributed by atoms with Gasteiger partial charge < -0.3 is 14.8 Å². The van der Waals surface area contributed by atoms with E-state index in [1.54, 1.807) is 24.7 Å². The number of imidazole rings is 1. The predicted molar refractivity (Wildman–Crippen MR) is 146 cm³/mol. The average molecular weight is 516 g/mol. The van der Waals surface area contributed by atoms with Gasteiger partial charge in [-0.15, -0.1) is 0 Å². The zero-order valence-electron chi connectivity index (χ0n) is 20.5. The number of fused-ring (bicyclic) bond motifs is 1. The quantitative estimate of drug-likeness (QED) is 0.312. The van der Waals surface area contributed by atoms with Gasteiger partial charge in [0.15, 0.2) is 0 Å². The molecule has 0 saturated carbocycles. The third-order valence-electron chi connectivity index (χ3n) is 6.86. The molecule has 7 nitrogen and oxygen atoms in total. The fourth-order valence-corrected chi connectivity index (χ4v) is 5.24. The molecule has 3 aromatic heterocycles. The maximum atomic E-state index is 13.7. The summed E-state index contributed by atoms with van der Waals surface area (Å²) in [5.41, 5.74) is 5.74. The lowest BCUT2D eigenvalue weighted by molar-refractivity contribution is 0.529. The first-order valence-corrected chi connectivity index (χ1v) is 12.7. The third kappa shape index (κ3) is 5.02. The monoisotopic (exact) mass is 515 g/mol. The Labute approximate surface area is 219 Å². The van der Waals surface area contributed by atoms with Crippen molar-refractivity contribution in [2.24, 2.45) is 7.05 Å². The largest absolute Gasteiger partial charge is 0.367 e. The summed E-state index contributed by atoms with van der Waals surface area (Å²) < 4.78 is 17.6. The zero-order chi connectivity index (χ0) is 25.4. The van der Waals surface area contributed by atoms with E-state index in [2.05, 4.69) is 37.5 Å². The Bertz CT molecular complexity index is 1560.